The first-order valence-electron chi connectivity index (χ1n) is 4.89. The number of nitrogens with zero attached hydrogens (tertiary/aromatic N) is 2. The van der Waals surface area contributed by atoms with Gasteiger partial charge in [-0.2, -0.15) is 5.26 Å². The SMILES string of the molecule is CC(NC(=O)/C(C#N)=C\N(C)CCO)C(=O)O. The zero-order chi connectivity index (χ0) is 13.4. The predicted octanol–water partition coefficient (Wildman–Crippen LogP) is -1.09. The molecule has 0 aromatic heterocycles. The Hall–Kier alpha value is -2.07. The van der Waals surface area contributed by atoms with E-state index in [1.165, 1.54) is 18.0 Å². The van der Waals surface area contributed by atoms with Crippen molar-refractivity contribution in [3.05, 3.63) is 11.8 Å². The molecule has 0 radical (unpaired) electrons. The molecule has 0 saturated carbocycles. The second-order valence-electron chi connectivity index (χ2n) is 3.39. The van der Waals surface area contributed by atoms with Crippen molar-refractivity contribution in [1.29, 1.82) is 5.26 Å². The Labute approximate surface area is 98.9 Å². The summed E-state index contributed by atoms with van der Waals surface area (Å²) in [4.78, 5) is 23.4. The third kappa shape index (κ3) is 5.53. The maximum Gasteiger partial charge on any atom is 0.325 e. The van der Waals surface area contributed by atoms with Gasteiger partial charge in [-0.25, -0.2) is 0 Å². The van der Waals surface area contributed by atoms with Gasteiger partial charge in [-0.15, -0.1) is 0 Å². The molecule has 94 valence electrons. The average Bonchev–Trinajstić information content (AvgIpc) is 2.25. The lowest BCUT2D eigenvalue weighted by Gasteiger charge is -2.13. The standard InChI is InChI=1S/C10H15N3O4/c1-7(10(16)17)12-9(15)8(5-11)6-13(2)3-4-14/h6-7,14H,3-4H2,1-2H3,(H,12,15)(H,16,17)/b8-6-. The maximum absolute atomic E-state index is 11.5. The van der Waals surface area contributed by atoms with E-state index in [2.05, 4.69) is 5.32 Å². The Morgan fingerprint density at radius 1 is 1.59 bits per heavy atom. The first-order chi connectivity index (χ1) is 7.92. The van der Waals surface area contributed by atoms with Crippen LogP contribution < -0.4 is 5.32 Å². The highest BCUT2D eigenvalue weighted by molar-refractivity contribution is 5.98. The van der Waals surface area contributed by atoms with Crippen LogP contribution in [0, 0.1) is 11.3 Å². The van der Waals surface area contributed by atoms with Gasteiger partial charge < -0.3 is 20.4 Å². The molecule has 0 rings (SSSR count). The number of aliphatic carboxylic acids is 1. The molecule has 0 aromatic rings. The molecule has 0 saturated heterocycles. The summed E-state index contributed by atoms with van der Waals surface area (Å²) in [7, 11) is 1.58. The lowest BCUT2D eigenvalue weighted by atomic mass is 10.2. The van der Waals surface area contributed by atoms with Crippen LogP contribution in [0.4, 0.5) is 0 Å². The summed E-state index contributed by atoms with van der Waals surface area (Å²) in [5.41, 5.74) is -0.214. The van der Waals surface area contributed by atoms with Gasteiger partial charge in [-0.05, 0) is 6.92 Å². The lowest BCUT2D eigenvalue weighted by Crippen LogP contribution is -2.39. The number of carbonyl (C=O) groups excluding carboxylic acids is 1. The number of hydrogen-bond acceptors (Lipinski definition) is 5. The maximum atomic E-state index is 11.5. The molecule has 1 atom stereocenters. The van der Waals surface area contributed by atoms with Gasteiger partial charge in [-0.1, -0.05) is 0 Å². The molecule has 0 aromatic carbocycles. The molecule has 0 bridgehead atoms. The summed E-state index contributed by atoms with van der Waals surface area (Å²) in [5, 5.41) is 28.1. The number of carboxylic acid groups (broad SMARTS) is 1. The first-order valence-corrected chi connectivity index (χ1v) is 4.89. The first kappa shape index (κ1) is 14.9. The highest BCUT2D eigenvalue weighted by atomic mass is 16.4. The molecule has 17 heavy (non-hydrogen) atoms. The van der Waals surface area contributed by atoms with Gasteiger partial charge in [0.1, 0.15) is 17.7 Å². The summed E-state index contributed by atoms with van der Waals surface area (Å²) in [6.45, 7) is 1.46. The Balaban J connectivity index is 4.62. The number of nitrogens with one attached hydrogen (secondary N) is 1. The Morgan fingerprint density at radius 3 is 2.59 bits per heavy atom. The van der Waals surface area contributed by atoms with Crippen LogP contribution in [0.25, 0.3) is 0 Å². The molecule has 7 heteroatoms. The molecule has 0 fully saturated rings. The highest BCUT2D eigenvalue weighted by Crippen LogP contribution is 1.97. The van der Waals surface area contributed by atoms with Crippen molar-refractivity contribution in [2.75, 3.05) is 20.2 Å². The molecular weight excluding hydrogens is 226 g/mol. The largest absolute Gasteiger partial charge is 0.480 e. The monoisotopic (exact) mass is 241 g/mol. The van der Waals surface area contributed by atoms with Gasteiger partial charge in [0.25, 0.3) is 5.91 Å². The number of likely N-dealkylation sites (N-methyl/N-ethyl adjacent to an activating group) is 1. The fraction of sp³-hybridized carbons (Fsp3) is 0.500. The molecule has 3 N–H and O–H groups in total. The summed E-state index contributed by atoms with van der Waals surface area (Å²) in [6, 6.07) is 0.601. The van der Waals surface area contributed by atoms with Crippen molar-refractivity contribution in [2.45, 2.75) is 13.0 Å². The topological polar surface area (TPSA) is 114 Å². The van der Waals surface area contributed by atoms with Crippen molar-refractivity contribution in [1.82, 2.24) is 10.2 Å². The molecule has 1 unspecified atom stereocenters. The number of rotatable bonds is 6. The molecular formula is C10H15N3O4. The third-order valence-electron chi connectivity index (χ3n) is 1.89. The Morgan fingerprint density at radius 2 is 2.18 bits per heavy atom. The van der Waals surface area contributed by atoms with E-state index in [-0.39, 0.29) is 18.7 Å². The summed E-state index contributed by atoms with van der Waals surface area (Å²) in [6.07, 6.45) is 1.25. The van der Waals surface area contributed by atoms with Gasteiger partial charge in [0.15, 0.2) is 0 Å². The van der Waals surface area contributed by atoms with Crippen LogP contribution in [0.5, 0.6) is 0 Å². The van der Waals surface area contributed by atoms with Crippen molar-refractivity contribution in [3.8, 4) is 6.07 Å². The summed E-state index contributed by atoms with van der Waals surface area (Å²) in [5.74, 6) is -1.94. The van der Waals surface area contributed by atoms with E-state index in [0.717, 1.165) is 0 Å². The number of aliphatic hydroxyl groups is 1. The number of carbonyl (C=O) groups is 2. The Bertz CT molecular complexity index is 359. The van der Waals surface area contributed by atoms with Crippen LogP contribution >= 0.6 is 0 Å². The van der Waals surface area contributed by atoms with Crippen LogP contribution in [0.15, 0.2) is 11.8 Å². The van der Waals surface area contributed by atoms with E-state index < -0.39 is 17.9 Å². The number of carboxylic acids is 1. The van der Waals surface area contributed by atoms with Crippen LogP contribution in [0.3, 0.4) is 0 Å². The normalized spacial score (nSPS) is 12.5. The van der Waals surface area contributed by atoms with E-state index in [0.29, 0.717) is 0 Å². The van der Waals surface area contributed by atoms with Crippen LogP contribution in [-0.2, 0) is 9.59 Å². The predicted molar refractivity (Wildman–Crippen MR) is 58.7 cm³/mol. The zero-order valence-electron chi connectivity index (χ0n) is 9.67. The molecule has 0 spiro atoms. The van der Waals surface area contributed by atoms with Crippen molar-refractivity contribution >= 4 is 11.9 Å². The molecule has 0 aliphatic carbocycles. The average molecular weight is 241 g/mol. The van der Waals surface area contributed by atoms with Crippen molar-refractivity contribution in [3.63, 3.8) is 0 Å². The van der Waals surface area contributed by atoms with Crippen LogP contribution in [-0.4, -0.2) is 53.2 Å². The van der Waals surface area contributed by atoms with Crippen molar-refractivity contribution < 1.29 is 19.8 Å². The number of aliphatic hydroxyl groups excluding tert-OH is 1. The number of hydrogen-bond donors (Lipinski definition) is 3. The summed E-state index contributed by atoms with van der Waals surface area (Å²) < 4.78 is 0. The Kier molecular flexibility index (Phi) is 6.36. The highest BCUT2D eigenvalue weighted by Gasteiger charge is 2.17. The molecule has 0 aliphatic heterocycles. The van der Waals surface area contributed by atoms with E-state index in [1.54, 1.807) is 13.1 Å². The smallest absolute Gasteiger partial charge is 0.325 e. The minimum absolute atomic E-state index is 0.112. The number of nitriles is 1. The fourth-order valence-corrected chi connectivity index (χ4v) is 0.917. The molecule has 1 amide bonds. The van der Waals surface area contributed by atoms with Gasteiger partial charge in [0.05, 0.1) is 6.61 Å². The second-order valence-corrected chi connectivity index (χ2v) is 3.39. The number of amides is 1. The molecule has 7 nitrogen and oxygen atoms in total. The van der Waals surface area contributed by atoms with E-state index in [1.807, 2.05) is 0 Å². The third-order valence-corrected chi connectivity index (χ3v) is 1.89. The van der Waals surface area contributed by atoms with Crippen molar-refractivity contribution in [2.24, 2.45) is 0 Å². The minimum atomic E-state index is -1.18. The van der Waals surface area contributed by atoms with Crippen LogP contribution in [0.2, 0.25) is 0 Å². The summed E-state index contributed by atoms with van der Waals surface area (Å²) >= 11 is 0. The van der Waals surface area contributed by atoms with Gasteiger partial charge in [-0.3, -0.25) is 9.59 Å². The quantitative estimate of drug-likeness (QED) is 0.402. The van der Waals surface area contributed by atoms with E-state index >= 15 is 0 Å². The van der Waals surface area contributed by atoms with Gasteiger partial charge in [0, 0.05) is 19.8 Å². The molecule has 0 aliphatic rings. The second kappa shape index (κ2) is 7.24. The van der Waals surface area contributed by atoms with Crippen LogP contribution in [0.1, 0.15) is 6.92 Å². The zero-order valence-corrected chi connectivity index (χ0v) is 9.67. The van der Waals surface area contributed by atoms with Gasteiger partial charge in [0.2, 0.25) is 0 Å². The fourth-order valence-electron chi connectivity index (χ4n) is 0.917. The lowest BCUT2D eigenvalue weighted by molar-refractivity contribution is -0.140. The van der Waals surface area contributed by atoms with E-state index in [9.17, 15) is 9.59 Å². The minimum Gasteiger partial charge on any atom is -0.480 e. The van der Waals surface area contributed by atoms with Gasteiger partial charge >= 0.3 is 5.97 Å². The molecule has 0 heterocycles. The van der Waals surface area contributed by atoms with E-state index in [4.69, 9.17) is 15.5 Å².